The minimum absolute atomic E-state index is 0. The second-order valence-corrected chi connectivity index (χ2v) is 27.9. The number of hydrogen-bond acceptors (Lipinski definition) is 18. The van der Waals surface area contributed by atoms with Gasteiger partial charge in [0.2, 0.25) is 0 Å². The van der Waals surface area contributed by atoms with Crippen molar-refractivity contribution in [3.63, 3.8) is 0 Å². The number of benzene rings is 6. The molecule has 6 aromatic carbocycles. The van der Waals surface area contributed by atoms with Gasteiger partial charge in [0.15, 0.2) is 29.5 Å². The Hall–Kier alpha value is -8.35. The number of ether oxygens (including phenoxy) is 2. The summed E-state index contributed by atoms with van der Waals surface area (Å²) in [5.41, 5.74) is 12.5. The molecule has 0 unspecified atom stereocenters. The number of aromatic nitrogens is 6. The number of carbonyl (C=O) groups excluding carboxylic acids is 2. The summed E-state index contributed by atoms with van der Waals surface area (Å²) in [5, 5.41) is 30.2. The van der Waals surface area contributed by atoms with Crippen molar-refractivity contribution in [2.45, 2.75) is 76.9 Å². The standard InChI is InChI=1S/C23H27N3O4S.C21H22N2O4S.C19H18N2O4S.C4H11NO.2CH4.Li.H2O/c1-17-14-22(26(24-17)16-23(27)30-13-12-25(2)3)19-10-8-18(9-11-19)20-6-5-7-21(15-20)31(4,28)29;1-4-27-21(24)14-23-20(12-15(2)22-23)17-10-8-16(9-11-17)18-6-5-7-19(13-18)28(3,25)26;1-13-10-18(21(20-13)12-19(22)23)15-8-6-14(7-9-15)16-4-3-5-17(11-16)26(2,24)25;1-5(2)3-4-6;;;;/h5-11,14-15H,12-13,16H2,1-4H3;5-13H,4,14H2,1-3H3;3-11H,12H2,1-2H3,(H,22,23);6H,3-4H2,1-2H3;2*1H4;;1H2/q;;;;;;+1;/p-1. The summed E-state index contributed by atoms with van der Waals surface area (Å²) in [6.07, 6.45) is 3.58. The van der Waals surface area contributed by atoms with E-state index in [0.29, 0.717) is 19.8 Å². The number of aliphatic carboxylic acids is 1. The predicted octanol–water partition coefficient (Wildman–Crippen LogP) is 7.18. The Morgan fingerprint density at radius 3 is 0.979 bits per heavy atom. The zero-order valence-corrected chi connectivity index (χ0v) is 56.8. The molecule has 0 aliphatic carbocycles. The Kier molecular flexibility index (Phi) is 32.8. The first-order valence-electron chi connectivity index (χ1n) is 28.7. The molecule has 9 aromatic rings. The molecule has 9 rings (SSSR count). The molecule has 0 radical (unpaired) electrons. The molecule has 0 saturated heterocycles. The Balaban J connectivity index is 0.000000456. The maximum atomic E-state index is 12.2. The van der Waals surface area contributed by atoms with E-state index in [9.17, 15) is 39.6 Å². The van der Waals surface area contributed by atoms with E-state index in [-0.39, 0.29) is 92.1 Å². The molecule has 0 aliphatic heterocycles. The van der Waals surface area contributed by atoms with E-state index in [1.165, 1.54) is 23.4 Å². The van der Waals surface area contributed by atoms with Gasteiger partial charge in [-0.25, -0.2) is 25.3 Å². The van der Waals surface area contributed by atoms with E-state index >= 15 is 0 Å². The average molecular weight is 1360 g/mol. The summed E-state index contributed by atoms with van der Waals surface area (Å²) in [4.78, 5) is 39.7. The quantitative estimate of drug-likeness (QED) is 0.0531. The number of likely N-dealkylation sites (N-methyl/N-ethyl adjacent to an activating group) is 2. The summed E-state index contributed by atoms with van der Waals surface area (Å²) in [5.74, 6) is -1.62. The monoisotopic (exact) mass is 1350 g/mol. The molecule has 0 saturated carbocycles. The van der Waals surface area contributed by atoms with Crippen molar-refractivity contribution >= 4 is 47.4 Å². The topological polar surface area (TPSA) is 302 Å². The fourth-order valence-corrected chi connectivity index (χ4v) is 11.1. The van der Waals surface area contributed by atoms with E-state index in [2.05, 4.69) is 15.3 Å². The minimum Gasteiger partial charge on any atom is -0.870 e. The summed E-state index contributed by atoms with van der Waals surface area (Å²) in [6, 6.07) is 49.1. The van der Waals surface area contributed by atoms with Gasteiger partial charge >= 0.3 is 36.8 Å². The Morgan fingerprint density at radius 2 is 0.726 bits per heavy atom. The average Bonchev–Trinajstić information content (AvgIpc) is 1.81. The van der Waals surface area contributed by atoms with E-state index in [0.717, 1.165) is 90.8 Å². The van der Waals surface area contributed by atoms with Crippen molar-refractivity contribution in [3.8, 4) is 67.2 Å². The number of aliphatic hydroxyl groups is 1. The van der Waals surface area contributed by atoms with Crippen LogP contribution in [0.3, 0.4) is 0 Å². The zero-order chi connectivity index (χ0) is 66.8. The van der Waals surface area contributed by atoms with Crippen LogP contribution in [0.5, 0.6) is 0 Å². The van der Waals surface area contributed by atoms with Crippen LogP contribution in [0.2, 0.25) is 0 Å². The number of aryl methyl sites for hydroxylation is 3. The molecule has 506 valence electrons. The largest absolute Gasteiger partial charge is 1.00 e. The molecule has 26 heteroatoms. The van der Waals surface area contributed by atoms with Crippen molar-refractivity contribution in [1.82, 2.24) is 39.1 Å². The number of aliphatic hydroxyl groups excluding tert-OH is 1. The van der Waals surface area contributed by atoms with Crippen LogP contribution in [-0.2, 0) is 73.0 Å². The van der Waals surface area contributed by atoms with Crippen LogP contribution in [-0.4, -0.2) is 178 Å². The summed E-state index contributed by atoms with van der Waals surface area (Å²) >= 11 is 0. The number of esters is 2. The van der Waals surface area contributed by atoms with E-state index < -0.39 is 35.5 Å². The molecule has 3 N–H and O–H groups in total. The van der Waals surface area contributed by atoms with Gasteiger partial charge in [0.1, 0.15) is 26.2 Å². The third-order valence-electron chi connectivity index (χ3n) is 13.5. The molecule has 0 bridgehead atoms. The van der Waals surface area contributed by atoms with E-state index in [1.807, 2.05) is 168 Å². The third kappa shape index (κ3) is 25.4. The van der Waals surface area contributed by atoms with Crippen LogP contribution in [0.1, 0.15) is 38.9 Å². The maximum Gasteiger partial charge on any atom is 1.00 e. The van der Waals surface area contributed by atoms with Gasteiger partial charge in [0.05, 0.1) is 62.1 Å². The molecule has 0 aliphatic rings. The van der Waals surface area contributed by atoms with Gasteiger partial charge in [-0.15, -0.1) is 0 Å². The molecule has 95 heavy (non-hydrogen) atoms. The number of sulfone groups is 3. The molecule has 3 aromatic heterocycles. The number of carboxylic acid groups (broad SMARTS) is 1. The summed E-state index contributed by atoms with van der Waals surface area (Å²) < 4.78 is 85.7. The third-order valence-corrected chi connectivity index (χ3v) is 16.9. The molecule has 3 heterocycles. The molecular weight excluding hydrogens is 1270 g/mol. The van der Waals surface area contributed by atoms with Crippen molar-refractivity contribution in [2.75, 3.05) is 79.9 Å². The van der Waals surface area contributed by atoms with Crippen molar-refractivity contribution in [3.05, 3.63) is 181 Å². The SMILES string of the molecule is C.C.CCOC(=O)Cn1nc(C)cc1-c1ccc(-c2cccc(S(C)(=O)=O)c2)cc1.CN(C)CCO.Cc1cc(-c2ccc(-c3cccc(S(C)(=O)=O)c3)cc2)n(CC(=O)O)n1.Cc1cc(-c2ccc(-c3cccc(S(C)(=O)=O)c3)cc2)n(CC(=O)OCCN(C)C)n1.[Li+].[OH-]. The first-order valence-corrected chi connectivity index (χ1v) is 34.4. The Labute approximate surface area is 571 Å². The summed E-state index contributed by atoms with van der Waals surface area (Å²) in [7, 11) is -2.10. The fraction of sp³-hybridized carbons (Fsp3) is 0.304. The van der Waals surface area contributed by atoms with Crippen LogP contribution < -0.4 is 18.9 Å². The van der Waals surface area contributed by atoms with Crippen LogP contribution in [0.25, 0.3) is 67.2 Å². The first kappa shape index (κ1) is 82.7. The van der Waals surface area contributed by atoms with Crippen molar-refractivity contribution < 1.29 is 83.7 Å². The van der Waals surface area contributed by atoms with Crippen LogP contribution in [0, 0.1) is 20.8 Å². The molecule has 0 spiro atoms. The van der Waals surface area contributed by atoms with Gasteiger partial charge in [-0.3, -0.25) is 28.4 Å². The Morgan fingerprint density at radius 1 is 0.442 bits per heavy atom. The number of carbonyl (C=O) groups is 3. The molecule has 0 fully saturated rings. The predicted molar refractivity (Wildman–Crippen MR) is 368 cm³/mol. The number of rotatable bonds is 21. The fourth-order valence-electron chi connectivity index (χ4n) is 9.08. The zero-order valence-electron chi connectivity index (χ0n) is 54.4. The number of hydrogen-bond donors (Lipinski definition) is 2. The smallest absolute Gasteiger partial charge is 0.870 e. The van der Waals surface area contributed by atoms with E-state index in [4.69, 9.17) is 19.7 Å². The molecule has 0 atom stereocenters. The Bertz CT molecular complexity index is 4300. The minimum atomic E-state index is -3.27. The van der Waals surface area contributed by atoms with Gasteiger partial charge < -0.3 is 35.0 Å². The van der Waals surface area contributed by atoms with Crippen LogP contribution in [0.15, 0.2) is 178 Å². The van der Waals surface area contributed by atoms with Crippen LogP contribution >= 0.6 is 0 Å². The first-order chi connectivity index (χ1) is 42.9. The van der Waals surface area contributed by atoms with Gasteiger partial charge in [0, 0.05) is 31.9 Å². The van der Waals surface area contributed by atoms with Gasteiger partial charge in [-0.2, -0.15) is 15.3 Å². The maximum absolute atomic E-state index is 12.2. The van der Waals surface area contributed by atoms with Crippen LogP contribution in [0.4, 0.5) is 0 Å². The molecule has 0 amide bonds. The van der Waals surface area contributed by atoms with Gasteiger partial charge in [-0.05, 0) is 161 Å². The van der Waals surface area contributed by atoms with Gasteiger partial charge in [0.25, 0.3) is 0 Å². The van der Waals surface area contributed by atoms with E-state index in [1.54, 1.807) is 70.9 Å². The second-order valence-electron chi connectivity index (χ2n) is 21.9. The summed E-state index contributed by atoms with van der Waals surface area (Å²) in [6.45, 7) is 9.56. The molecule has 22 nitrogen and oxygen atoms in total. The molecular formula is C69H87LiN8O14S3. The number of carboxylic acids is 1. The number of nitrogens with zero attached hydrogens (tertiary/aromatic N) is 8. The van der Waals surface area contributed by atoms with Crippen molar-refractivity contribution in [2.24, 2.45) is 0 Å². The van der Waals surface area contributed by atoms with Crippen molar-refractivity contribution in [1.29, 1.82) is 0 Å². The normalized spacial score (nSPS) is 10.9. The van der Waals surface area contributed by atoms with Gasteiger partial charge in [-0.1, -0.05) is 124 Å². The second kappa shape index (κ2) is 37.7.